The van der Waals surface area contributed by atoms with Gasteiger partial charge < -0.3 is 15.4 Å². The van der Waals surface area contributed by atoms with Crippen molar-refractivity contribution in [3.8, 4) is 0 Å². The van der Waals surface area contributed by atoms with Crippen LogP contribution in [0.5, 0.6) is 0 Å². The third-order valence-corrected chi connectivity index (χ3v) is 3.87. The number of nitrogens with zero attached hydrogens (tertiary/aromatic N) is 1. The normalized spacial score (nSPS) is 16.3. The lowest BCUT2D eigenvalue weighted by Gasteiger charge is -2.34. The van der Waals surface area contributed by atoms with E-state index in [-0.39, 0.29) is 17.8 Å². The highest BCUT2D eigenvalue weighted by Gasteiger charge is 2.29. The number of hydrogen-bond donors (Lipinski definition) is 1. The summed E-state index contributed by atoms with van der Waals surface area (Å²) in [5.41, 5.74) is 5.81. The Bertz CT molecular complexity index is 602. The highest BCUT2D eigenvalue weighted by molar-refractivity contribution is 5.94. The van der Waals surface area contributed by atoms with Gasteiger partial charge in [-0.3, -0.25) is 4.79 Å². The molecule has 0 aromatic heterocycles. The molecular formula is C17H23FN2O3. The van der Waals surface area contributed by atoms with Gasteiger partial charge in [0.2, 0.25) is 5.91 Å². The maximum absolute atomic E-state index is 13.5. The molecule has 23 heavy (non-hydrogen) atoms. The largest absolute Gasteiger partial charge is 0.444 e. The van der Waals surface area contributed by atoms with E-state index in [1.54, 1.807) is 4.90 Å². The van der Waals surface area contributed by atoms with Crippen LogP contribution in [0.2, 0.25) is 0 Å². The predicted octanol–water partition coefficient (Wildman–Crippen LogP) is 3.04. The average Bonchev–Trinajstić information content (AvgIpc) is 2.45. The molecule has 0 bridgehead atoms. The molecule has 5 nitrogen and oxygen atoms in total. The van der Waals surface area contributed by atoms with Crippen molar-refractivity contribution in [1.29, 1.82) is 0 Å². The van der Waals surface area contributed by atoms with Crippen molar-refractivity contribution in [3.63, 3.8) is 0 Å². The summed E-state index contributed by atoms with van der Waals surface area (Å²) >= 11 is 0. The minimum Gasteiger partial charge on any atom is -0.444 e. The Morgan fingerprint density at radius 2 is 1.87 bits per heavy atom. The van der Waals surface area contributed by atoms with Gasteiger partial charge in [-0.15, -0.1) is 0 Å². The number of primary amides is 1. The number of nitrogens with two attached hydrogens (primary N) is 1. The molecule has 1 aliphatic rings. The fourth-order valence-electron chi connectivity index (χ4n) is 2.80. The maximum atomic E-state index is 13.5. The van der Waals surface area contributed by atoms with E-state index in [1.165, 1.54) is 18.2 Å². The van der Waals surface area contributed by atoms with E-state index in [1.807, 2.05) is 20.8 Å². The topological polar surface area (TPSA) is 72.6 Å². The van der Waals surface area contributed by atoms with Gasteiger partial charge in [0.1, 0.15) is 11.4 Å². The molecular weight excluding hydrogens is 299 g/mol. The molecule has 0 saturated carbocycles. The molecule has 1 aromatic carbocycles. The van der Waals surface area contributed by atoms with Gasteiger partial charge in [-0.05, 0) is 63.3 Å². The lowest BCUT2D eigenvalue weighted by atomic mass is 9.86. The van der Waals surface area contributed by atoms with Crippen LogP contribution in [-0.4, -0.2) is 35.6 Å². The number of rotatable bonds is 2. The van der Waals surface area contributed by atoms with Crippen molar-refractivity contribution >= 4 is 12.0 Å². The molecule has 0 aliphatic carbocycles. The first-order chi connectivity index (χ1) is 10.7. The summed E-state index contributed by atoms with van der Waals surface area (Å²) < 4.78 is 18.9. The van der Waals surface area contributed by atoms with E-state index < -0.39 is 11.5 Å². The van der Waals surface area contributed by atoms with Gasteiger partial charge in [0.25, 0.3) is 0 Å². The number of ether oxygens (including phenoxy) is 1. The van der Waals surface area contributed by atoms with Crippen LogP contribution in [0, 0.1) is 5.82 Å². The van der Waals surface area contributed by atoms with Crippen molar-refractivity contribution < 1.29 is 18.7 Å². The summed E-state index contributed by atoms with van der Waals surface area (Å²) in [6.45, 7) is 6.49. The minimum absolute atomic E-state index is 0.00638. The van der Waals surface area contributed by atoms with E-state index in [0.29, 0.717) is 37.1 Å². The molecule has 2 rings (SSSR count). The monoisotopic (exact) mass is 322 g/mol. The number of halogens is 1. The zero-order valence-corrected chi connectivity index (χ0v) is 13.8. The van der Waals surface area contributed by atoms with Gasteiger partial charge in [-0.2, -0.15) is 0 Å². The molecule has 1 fully saturated rings. The second kappa shape index (κ2) is 6.56. The average molecular weight is 322 g/mol. The van der Waals surface area contributed by atoms with Gasteiger partial charge in [-0.1, -0.05) is 0 Å². The summed E-state index contributed by atoms with van der Waals surface area (Å²) in [5, 5.41) is 0. The molecule has 0 unspecified atom stereocenters. The molecule has 2 amide bonds. The quantitative estimate of drug-likeness (QED) is 0.909. The van der Waals surface area contributed by atoms with E-state index in [2.05, 4.69) is 0 Å². The first-order valence-electron chi connectivity index (χ1n) is 7.74. The summed E-state index contributed by atoms with van der Waals surface area (Å²) in [5.74, 6) is -0.943. The van der Waals surface area contributed by atoms with E-state index >= 15 is 0 Å². The van der Waals surface area contributed by atoms with Crippen molar-refractivity contribution in [2.75, 3.05) is 13.1 Å². The highest BCUT2D eigenvalue weighted by atomic mass is 19.1. The minimum atomic E-state index is -0.561. The first kappa shape index (κ1) is 17.2. The van der Waals surface area contributed by atoms with Crippen LogP contribution in [0.4, 0.5) is 9.18 Å². The Labute approximate surface area is 135 Å². The zero-order valence-electron chi connectivity index (χ0n) is 13.8. The Hall–Kier alpha value is -2.11. The molecule has 1 heterocycles. The van der Waals surface area contributed by atoms with Crippen LogP contribution in [0.1, 0.15) is 55.5 Å². The lowest BCUT2D eigenvalue weighted by Crippen LogP contribution is -2.41. The molecule has 1 saturated heterocycles. The number of carbonyl (C=O) groups is 2. The second-order valence-corrected chi connectivity index (χ2v) is 6.84. The van der Waals surface area contributed by atoms with Gasteiger partial charge in [-0.25, -0.2) is 9.18 Å². The van der Waals surface area contributed by atoms with E-state index in [9.17, 15) is 14.0 Å². The third kappa shape index (κ3) is 4.43. The van der Waals surface area contributed by atoms with Gasteiger partial charge >= 0.3 is 6.09 Å². The Morgan fingerprint density at radius 3 is 2.39 bits per heavy atom. The number of carbonyl (C=O) groups excluding carboxylic acids is 2. The van der Waals surface area contributed by atoms with Gasteiger partial charge in [0, 0.05) is 18.7 Å². The van der Waals surface area contributed by atoms with Crippen molar-refractivity contribution in [3.05, 3.63) is 35.1 Å². The van der Waals surface area contributed by atoms with Crippen molar-refractivity contribution in [1.82, 2.24) is 4.90 Å². The first-order valence-corrected chi connectivity index (χ1v) is 7.74. The summed E-state index contributed by atoms with van der Waals surface area (Å²) in [6.07, 6.45) is 0.941. The maximum Gasteiger partial charge on any atom is 0.410 e. The van der Waals surface area contributed by atoms with Gasteiger partial charge in [0.15, 0.2) is 0 Å². The standard InChI is InChI=1S/C17H23FN2O3/c1-17(2,3)23-16(22)20-8-6-11(7-9-20)14-10-12(18)4-5-13(14)15(19)21/h4-5,10-11H,6-9H2,1-3H3,(H2,19,21). The van der Waals surface area contributed by atoms with Crippen LogP contribution in [0.15, 0.2) is 18.2 Å². The fraction of sp³-hybridized carbons (Fsp3) is 0.529. The fourth-order valence-corrected chi connectivity index (χ4v) is 2.80. The molecule has 0 spiro atoms. The Morgan fingerprint density at radius 1 is 1.26 bits per heavy atom. The molecule has 0 atom stereocenters. The number of benzene rings is 1. The van der Waals surface area contributed by atoms with E-state index in [4.69, 9.17) is 10.5 Å². The van der Waals surface area contributed by atoms with Crippen LogP contribution in [-0.2, 0) is 4.74 Å². The Kier molecular flexibility index (Phi) is 4.92. The van der Waals surface area contributed by atoms with Crippen LogP contribution >= 0.6 is 0 Å². The summed E-state index contributed by atoms with van der Waals surface area (Å²) in [6, 6.07) is 4.03. The van der Waals surface area contributed by atoms with Crippen LogP contribution < -0.4 is 5.73 Å². The second-order valence-electron chi connectivity index (χ2n) is 6.84. The molecule has 126 valence electrons. The molecule has 1 aromatic rings. The highest BCUT2D eigenvalue weighted by Crippen LogP contribution is 2.31. The molecule has 2 N–H and O–H groups in total. The molecule has 0 radical (unpaired) electrons. The SMILES string of the molecule is CC(C)(C)OC(=O)N1CCC(c2cc(F)ccc2C(N)=O)CC1. The number of hydrogen-bond acceptors (Lipinski definition) is 3. The predicted molar refractivity (Wildman–Crippen MR) is 84.7 cm³/mol. The molecule has 1 aliphatic heterocycles. The lowest BCUT2D eigenvalue weighted by molar-refractivity contribution is 0.0204. The zero-order chi connectivity index (χ0) is 17.2. The van der Waals surface area contributed by atoms with Crippen LogP contribution in [0.3, 0.4) is 0 Å². The smallest absolute Gasteiger partial charge is 0.410 e. The van der Waals surface area contributed by atoms with Crippen LogP contribution in [0.25, 0.3) is 0 Å². The number of likely N-dealkylation sites (tertiary alicyclic amines) is 1. The van der Waals surface area contributed by atoms with Gasteiger partial charge in [0.05, 0.1) is 0 Å². The summed E-state index contributed by atoms with van der Waals surface area (Å²) in [7, 11) is 0. The van der Waals surface area contributed by atoms with Crippen molar-refractivity contribution in [2.24, 2.45) is 5.73 Å². The number of amides is 2. The molecule has 6 heteroatoms. The summed E-state index contributed by atoms with van der Waals surface area (Å²) in [4.78, 5) is 25.2. The number of piperidine rings is 1. The Balaban J connectivity index is 2.06. The van der Waals surface area contributed by atoms with E-state index in [0.717, 1.165) is 0 Å². The third-order valence-electron chi connectivity index (χ3n) is 3.87. The van der Waals surface area contributed by atoms with Crippen molar-refractivity contribution in [2.45, 2.75) is 45.1 Å².